The molecule has 3 rings (SSSR count). The summed E-state index contributed by atoms with van der Waals surface area (Å²) in [6.45, 7) is 2.73. The van der Waals surface area contributed by atoms with Gasteiger partial charge in [0.15, 0.2) is 0 Å². The molecule has 0 aliphatic carbocycles. The molecule has 0 unspecified atom stereocenters. The fourth-order valence-corrected chi connectivity index (χ4v) is 2.68. The zero-order valence-corrected chi connectivity index (χ0v) is 13.8. The molecule has 0 aliphatic heterocycles. The highest BCUT2D eigenvalue weighted by molar-refractivity contribution is 7.99. The SMILES string of the molecule is Cc1ccc(-c2nnc(SCCCOc3ccccc3)o2)cc1. The van der Waals surface area contributed by atoms with E-state index in [2.05, 4.69) is 17.1 Å². The van der Waals surface area contributed by atoms with E-state index in [4.69, 9.17) is 9.15 Å². The van der Waals surface area contributed by atoms with Crippen molar-refractivity contribution >= 4 is 11.8 Å². The molecule has 0 N–H and O–H groups in total. The van der Waals surface area contributed by atoms with Gasteiger partial charge in [-0.3, -0.25) is 0 Å². The first-order valence-corrected chi connectivity index (χ1v) is 8.51. The molecular formula is C18H18N2O2S. The molecule has 23 heavy (non-hydrogen) atoms. The summed E-state index contributed by atoms with van der Waals surface area (Å²) in [5.41, 5.74) is 2.16. The van der Waals surface area contributed by atoms with Crippen molar-refractivity contribution in [3.63, 3.8) is 0 Å². The Bertz CT molecular complexity index is 726. The second-order valence-electron chi connectivity index (χ2n) is 5.10. The minimum Gasteiger partial charge on any atom is -0.494 e. The summed E-state index contributed by atoms with van der Waals surface area (Å²) in [6.07, 6.45) is 0.918. The average Bonchev–Trinajstić information content (AvgIpc) is 3.05. The predicted octanol–water partition coefficient (Wildman–Crippen LogP) is 4.61. The maximum absolute atomic E-state index is 5.67. The van der Waals surface area contributed by atoms with Gasteiger partial charge in [-0.1, -0.05) is 47.7 Å². The second kappa shape index (κ2) is 7.83. The Morgan fingerprint density at radius 3 is 2.57 bits per heavy atom. The van der Waals surface area contributed by atoms with E-state index in [0.29, 0.717) is 17.7 Å². The number of para-hydroxylation sites is 1. The summed E-state index contributed by atoms with van der Waals surface area (Å²) in [5.74, 6) is 2.34. The van der Waals surface area contributed by atoms with Crippen LogP contribution in [-0.2, 0) is 0 Å². The predicted molar refractivity (Wildman–Crippen MR) is 91.7 cm³/mol. The summed E-state index contributed by atoms with van der Waals surface area (Å²) in [7, 11) is 0. The highest BCUT2D eigenvalue weighted by atomic mass is 32.2. The highest BCUT2D eigenvalue weighted by Crippen LogP contribution is 2.23. The van der Waals surface area contributed by atoms with Crippen molar-refractivity contribution in [3.05, 3.63) is 60.2 Å². The van der Waals surface area contributed by atoms with Gasteiger partial charge < -0.3 is 9.15 Å². The monoisotopic (exact) mass is 326 g/mol. The van der Waals surface area contributed by atoms with Crippen molar-refractivity contribution in [3.8, 4) is 17.2 Å². The van der Waals surface area contributed by atoms with Crippen LogP contribution in [0.5, 0.6) is 5.75 Å². The summed E-state index contributed by atoms with van der Waals surface area (Å²) < 4.78 is 11.3. The molecule has 0 radical (unpaired) electrons. The minimum atomic E-state index is 0.563. The Hall–Kier alpha value is -2.27. The molecule has 5 heteroatoms. The molecule has 1 aromatic heterocycles. The van der Waals surface area contributed by atoms with Crippen LogP contribution in [0.2, 0.25) is 0 Å². The number of benzene rings is 2. The molecule has 0 bridgehead atoms. The Kier molecular flexibility index (Phi) is 5.32. The lowest BCUT2D eigenvalue weighted by molar-refractivity contribution is 0.318. The minimum absolute atomic E-state index is 0.563. The fraction of sp³-hybridized carbons (Fsp3) is 0.222. The molecule has 0 fully saturated rings. The fourth-order valence-electron chi connectivity index (χ4n) is 2.01. The van der Waals surface area contributed by atoms with Crippen molar-refractivity contribution in [2.24, 2.45) is 0 Å². The van der Waals surface area contributed by atoms with Gasteiger partial charge in [-0.25, -0.2) is 0 Å². The van der Waals surface area contributed by atoms with Crippen molar-refractivity contribution < 1.29 is 9.15 Å². The molecule has 0 atom stereocenters. The lowest BCUT2D eigenvalue weighted by Gasteiger charge is -2.04. The molecule has 0 spiro atoms. The molecule has 0 amide bonds. The molecule has 0 saturated carbocycles. The van der Waals surface area contributed by atoms with Gasteiger partial charge in [0.25, 0.3) is 5.22 Å². The maximum Gasteiger partial charge on any atom is 0.276 e. The van der Waals surface area contributed by atoms with Gasteiger partial charge in [0.1, 0.15) is 5.75 Å². The van der Waals surface area contributed by atoms with Crippen molar-refractivity contribution in [1.82, 2.24) is 10.2 Å². The van der Waals surface area contributed by atoms with E-state index >= 15 is 0 Å². The number of aryl methyl sites for hydroxylation is 1. The van der Waals surface area contributed by atoms with E-state index in [-0.39, 0.29) is 0 Å². The average molecular weight is 326 g/mol. The number of nitrogens with zero attached hydrogens (tertiary/aromatic N) is 2. The number of thioether (sulfide) groups is 1. The quantitative estimate of drug-likeness (QED) is 0.469. The number of aromatic nitrogens is 2. The molecule has 0 aliphatic rings. The lowest BCUT2D eigenvalue weighted by Crippen LogP contribution is -1.98. The van der Waals surface area contributed by atoms with Gasteiger partial charge in [-0.15, -0.1) is 10.2 Å². The molecular weight excluding hydrogens is 308 g/mol. The van der Waals surface area contributed by atoms with Crippen LogP contribution in [0.25, 0.3) is 11.5 Å². The molecule has 3 aromatic rings. The summed E-state index contributed by atoms with van der Waals surface area (Å²) in [5, 5.41) is 8.77. The van der Waals surface area contributed by atoms with E-state index in [0.717, 1.165) is 23.5 Å². The Morgan fingerprint density at radius 1 is 1.00 bits per heavy atom. The summed E-state index contributed by atoms with van der Waals surface area (Å²) in [4.78, 5) is 0. The van der Waals surface area contributed by atoms with Gasteiger partial charge in [-0.2, -0.15) is 0 Å². The van der Waals surface area contributed by atoms with E-state index < -0.39 is 0 Å². The first-order chi connectivity index (χ1) is 11.3. The van der Waals surface area contributed by atoms with Crippen molar-refractivity contribution in [2.45, 2.75) is 18.6 Å². The number of rotatable bonds is 7. The summed E-state index contributed by atoms with van der Waals surface area (Å²) in [6, 6.07) is 17.9. The second-order valence-corrected chi connectivity index (χ2v) is 6.15. The highest BCUT2D eigenvalue weighted by Gasteiger charge is 2.08. The molecule has 2 aromatic carbocycles. The van der Waals surface area contributed by atoms with E-state index in [1.54, 1.807) is 11.8 Å². The normalized spacial score (nSPS) is 10.7. The number of hydrogen-bond donors (Lipinski definition) is 0. The molecule has 1 heterocycles. The van der Waals surface area contributed by atoms with Crippen LogP contribution in [-0.4, -0.2) is 22.6 Å². The van der Waals surface area contributed by atoms with Crippen molar-refractivity contribution in [1.29, 1.82) is 0 Å². The van der Waals surface area contributed by atoms with E-state index in [1.807, 2.05) is 54.6 Å². The van der Waals surface area contributed by atoms with Crippen LogP contribution in [0.15, 0.2) is 64.2 Å². The largest absolute Gasteiger partial charge is 0.494 e. The number of hydrogen-bond acceptors (Lipinski definition) is 5. The molecule has 0 saturated heterocycles. The Labute approximate surface area is 139 Å². The standard InChI is InChI=1S/C18H18N2O2S/c1-14-8-10-15(11-9-14)17-19-20-18(22-17)23-13-5-12-21-16-6-3-2-4-7-16/h2-4,6-11H,5,12-13H2,1H3. The van der Waals surface area contributed by atoms with Gasteiger partial charge in [0, 0.05) is 11.3 Å². The first-order valence-electron chi connectivity index (χ1n) is 7.52. The van der Waals surface area contributed by atoms with Gasteiger partial charge in [0.2, 0.25) is 5.89 Å². The van der Waals surface area contributed by atoms with Crippen molar-refractivity contribution in [2.75, 3.05) is 12.4 Å². The third kappa shape index (κ3) is 4.60. The van der Waals surface area contributed by atoms with Crippen LogP contribution in [0.4, 0.5) is 0 Å². The third-order valence-electron chi connectivity index (χ3n) is 3.23. The van der Waals surface area contributed by atoms with Gasteiger partial charge in [0.05, 0.1) is 6.61 Å². The van der Waals surface area contributed by atoms with Gasteiger partial charge >= 0.3 is 0 Å². The third-order valence-corrected chi connectivity index (χ3v) is 4.14. The van der Waals surface area contributed by atoms with Crippen LogP contribution in [0.1, 0.15) is 12.0 Å². The van der Waals surface area contributed by atoms with E-state index in [1.165, 1.54) is 5.56 Å². The van der Waals surface area contributed by atoms with Gasteiger partial charge in [-0.05, 0) is 37.6 Å². The van der Waals surface area contributed by atoms with Crippen LogP contribution in [0, 0.1) is 6.92 Å². The maximum atomic E-state index is 5.67. The first kappa shape index (κ1) is 15.6. The summed E-state index contributed by atoms with van der Waals surface area (Å²) >= 11 is 1.55. The zero-order valence-electron chi connectivity index (χ0n) is 12.9. The lowest BCUT2D eigenvalue weighted by atomic mass is 10.1. The Morgan fingerprint density at radius 2 is 1.78 bits per heavy atom. The number of ether oxygens (including phenoxy) is 1. The zero-order chi connectivity index (χ0) is 15.9. The molecule has 118 valence electrons. The molecule has 4 nitrogen and oxygen atoms in total. The Balaban J connectivity index is 1.43. The topological polar surface area (TPSA) is 48.2 Å². The van der Waals surface area contributed by atoms with Crippen LogP contribution >= 0.6 is 11.8 Å². The van der Waals surface area contributed by atoms with E-state index in [9.17, 15) is 0 Å². The van der Waals surface area contributed by atoms with Crippen LogP contribution in [0.3, 0.4) is 0 Å². The van der Waals surface area contributed by atoms with Crippen LogP contribution < -0.4 is 4.74 Å². The smallest absolute Gasteiger partial charge is 0.276 e.